The number of nitrogens with zero attached hydrogens (tertiary/aromatic N) is 1. The Balaban J connectivity index is 1.87. The summed E-state index contributed by atoms with van der Waals surface area (Å²) in [5.41, 5.74) is 5.53. The van der Waals surface area contributed by atoms with Crippen LogP contribution in [0.4, 0.5) is 0 Å². The first-order valence-corrected chi connectivity index (χ1v) is 6.67. The molecule has 0 atom stereocenters. The minimum absolute atomic E-state index is 0.146. The van der Waals surface area contributed by atoms with Gasteiger partial charge in [0.25, 0.3) is 5.91 Å². The topological polar surface area (TPSA) is 36.1 Å². The Morgan fingerprint density at radius 3 is 2.95 bits per heavy atom. The highest BCUT2D eigenvalue weighted by Crippen LogP contribution is 2.21. The second-order valence-electron chi connectivity index (χ2n) is 5.28. The number of carbonyl (C=O) groups is 1. The lowest BCUT2D eigenvalue weighted by Crippen LogP contribution is -2.36. The summed E-state index contributed by atoms with van der Waals surface area (Å²) >= 11 is 0. The van der Waals surface area contributed by atoms with Crippen molar-refractivity contribution in [1.82, 2.24) is 9.88 Å². The zero-order valence-electron chi connectivity index (χ0n) is 11.4. The largest absolute Gasteiger partial charge is 0.365 e. The van der Waals surface area contributed by atoms with E-state index in [2.05, 4.69) is 11.1 Å². The van der Waals surface area contributed by atoms with Crippen molar-refractivity contribution in [3.8, 4) is 0 Å². The maximum absolute atomic E-state index is 12.6. The summed E-state index contributed by atoms with van der Waals surface area (Å²) < 4.78 is 0. The molecule has 0 saturated heterocycles. The molecule has 3 heteroatoms. The predicted octanol–water partition coefficient (Wildman–Crippen LogP) is 2.83. The van der Waals surface area contributed by atoms with Crippen molar-refractivity contribution in [3.05, 3.63) is 58.4 Å². The van der Waals surface area contributed by atoms with Gasteiger partial charge in [-0.2, -0.15) is 0 Å². The van der Waals surface area contributed by atoms with E-state index in [0.717, 1.165) is 29.7 Å². The van der Waals surface area contributed by atoms with Crippen molar-refractivity contribution in [2.24, 2.45) is 0 Å². The zero-order valence-corrected chi connectivity index (χ0v) is 11.4. The maximum atomic E-state index is 12.6. The average Bonchev–Trinajstić information content (AvgIpc) is 2.88. The predicted molar refractivity (Wildman–Crippen MR) is 75.2 cm³/mol. The molecule has 3 nitrogen and oxygen atoms in total. The lowest BCUT2D eigenvalue weighted by molar-refractivity contribution is 0.0733. The van der Waals surface area contributed by atoms with Crippen LogP contribution >= 0.6 is 0 Å². The van der Waals surface area contributed by atoms with Crippen molar-refractivity contribution in [2.75, 3.05) is 6.54 Å². The number of aryl methyl sites for hydroxylation is 2. The van der Waals surface area contributed by atoms with Gasteiger partial charge in [0.15, 0.2) is 0 Å². The fourth-order valence-corrected chi connectivity index (χ4v) is 2.66. The molecule has 0 aliphatic carbocycles. The standard InChI is InChI=1S/C16H18N2O/c1-11-3-4-12(2)14(9-11)16(19)18-8-6-15-13(10-18)5-7-17-15/h3-5,7,9,17H,6,8,10H2,1-2H3. The summed E-state index contributed by atoms with van der Waals surface area (Å²) in [4.78, 5) is 17.8. The van der Waals surface area contributed by atoms with Gasteiger partial charge in [-0.3, -0.25) is 4.79 Å². The molecule has 0 unspecified atom stereocenters. The zero-order chi connectivity index (χ0) is 13.4. The van der Waals surface area contributed by atoms with Crippen LogP contribution < -0.4 is 0 Å². The third kappa shape index (κ3) is 2.16. The first-order chi connectivity index (χ1) is 9.15. The molecular weight excluding hydrogens is 236 g/mol. The number of aromatic amines is 1. The van der Waals surface area contributed by atoms with Gasteiger partial charge in [-0.05, 0) is 37.1 Å². The molecule has 98 valence electrons. The second-order valence-corrected chi connectivity index (χ2v) is 5.28. The van der Waals surface area contributed by atoms with Gasteiger partial charge in [0.1, 0.15) is 0 Å². The highest BCUT2D eigenvalue weighted by Gasteiger charge is 2.23. The maximum Gasteiger partial charge on any atom is 0.254 e. The Morgan fingerprint density at radius 1 is 1.26 bits per heavy atom. The number of amides is 1. The summed E-state index contributed by atoms with van der Waals surface area (Å²) in [6.07, 6.45) is 2.87. The highest BCUT2D eigenvalue weighted by atomic mass is 16.2. The van der Waals surface area contributed by atoms with Crippen LogP contribution in [0.3, 0.4) is 0 Å². The van der Waals surface area contributed by atoms with Gasteiger partial charge in [0.05, 0.1) is 0 Å². The van der Waals surface area contributed by atoms with E-state index in [-0.39, 0.29) is 5.91 Å². The molecule has 0 fully saturated rings. The number of H-pyrrole nitrogens is 1. The molecule has 0 spiro atoms. The molecule has 2 aromatic rings. The van der Waals surface area contributed by atoms with E-state index >= 15 is 0 Å². The normalized spacial score (nSPS) is 14.3. The number of benzene rings is 1. The minimum atomic E-state index is 0.146. The van der Waals surface area contributed by atoms with Gasteiger partial charge in [-0.15, -0.1) is 0 Å². The smallest absolute Gasteiger partial charge is 0.254 e. The molecule has 3 rings (SSSR count). The van der Waals surface area contributed by atoms with E-state index in [4.69, 9.17) is 0 Å². The Morgan fingerprint density at radius 2 is 2.11 bits per heavy atom. The molecule has 2 heterocycles. The van der Waals surface area contributed by atoms with E-state index in [0.29, 0.717) is 6.54 Å². The highest BCUT2D eigenvalue weighted by molar-refractivity contribution is 5.96. The Labute approximate surface area is 113 Å². The van der Waals surface area contributed by atoms with Gasteiger partial charge >= 0.3 is 0 Å². The van der Waals surface area contributed by atoms with Crippen molar-refractivity contribution in [3.63, 3.8) is 0 Å². The van der Waals surface area contributed by atoms with Crippen molar-refractivity contribution in [1.29, 1.82) is 0 Å². The number of carbonyl (C=O) groups excluding carboxylic acids is 1. The van der Waals surface area contributed by atoms with Gasteiger partial charge in [-0.25, -0.2) is 0 Å². The van der Waals surface area contributed by atoms with E-state index < -0.39 is 0 Å². The first-order valence-electron chi connectivity index (χ1n) is 6.67. The SMILES string of the molecule is Cc1ccc(C)c(C(=O)N2CCc3[nH]ccc3C2)c1. The summed E-state index contributed by atoms with van der Waals surface area (Å²) in [7, 11) is 0. The van der Waals surface area contributed by atoms with Gasteiger partial charge < -0.3 is 9.88 Å². The van der Waals surface area contributed by atoms with Crippen LogP contribution in [0.25, 0.3) is 0 Å². The Bertz CT molecular complexity index is 627. The quantitative estimate of drug-likeness (QED) is 0.834. The molecule has 0 bridgehead atoms. The van der Waals surface area contributed by atoms with Crippen LogP contribution in [0.15, 0.2) is 30.5 Å². The average molecular weight is 254 g/mol. The summed E-state index contributed by atoms with van der Waals surface area (Å²) in [6.45, 7) is 5.53. The molecule has 1 aromatic heterocycles. The molecule has 0 saturated carbocycles. The van der Waals surface area contributed by atoms with Crippen molar-refractivity contribution in [2.45, 2.75) is 26.8 Å². The summed E-state index contributed by atoms with van der Waals surface area (Å²) in [6, 6.07) is 8.13. The Kier molecular flexibility index (Phi) is 2.90. The van der Waals surface area contributed by atoms with Crippen LogP contribution in [-0.2, 0) is 13.0 Å². The number of hydrogen-bond acceptors (Lipinski definition) is 1. The van der Waals surface area contributed by atoms with Crippen LogP contribution in [0, 0.1) is 13.8 Å². The fourth-order valence-electron chi connectivity index (χ4n) is 2.66. The first kappa shape index (κ1) is 12.0. The molecule has 1 amide bonds. The number of hydrogen-bond donors (Lipinski definition) is 1. The molecule has 0 radical (unpaired) electrons. The fraction of sp³-hybridized carbons (Fsp3) is 0.312. The number of nitrogens with one attached hydrogen (secondary N) is 1. The van der Waals surface area contributed by atoms with Crippen molar-refractivity contribution < 1.29 is 4.79 Å². The molecular formula is C16H18N2O. The van der Waals surface area contributed by atoms with Crippen molar-refractivity contribution >= 4 is 5.91 Å². The summed E-state index contributed by atoms with van der Waals surface area (Å²) in [5, 5.41) is 0. The molecule has 19 heavy (non-hydrogen) atoms. The lowest BCUT2D eigenvalue weighted by Gasteiger charge is -2.27. The third-order valence-corrected chi connectivity index (χ3v) is 3.83. The van der Waals surface area contributed by atoms with Gasteiger partial charge in [-0.1, -0.05) is 17.7 Å². The Hall–Kier alpha value is -2.03. The monoisotopic (exact) mass is 254 g/mol. The van der Waals surface area contributed by atoms with E-state index in [1.807, 2.05) is 43.1 Å². The lowest BCUT2D eigenvalue weighted by atomic mass is 10.0. The van der Waals surface area contributed by atoms with Crippen LogP contribution in [0.1, 0.15) is 32.7 Å². The molecule has 1 aromatic carbocycles. The van der Waals surface area contributed by atoms with Crippen LogP contribution in [-0.4, -0.2) is 22.3 Å². The van der Waals surface area contributed by atoms with Crippen LogP contribution in [0.5, 0.6) is 0 Å². The van der Waals surface area contributed by atoms with E-state index in [9.17, 15) is 4.79 Å². The number of fused-ring (bicyclic) bond motifs is 1. The third-order valence-electron chi connectivity index (χ3n) is 3.83. The van der Waals surface area contributed by atoms with E-state index in [1.54, 1.807) is 0 Å². The minimum Gasteiger partial charge on any atom is -0.365 e. The number of rotatable bonds is 1. The number of aromatic nitrogens is 1. The van der Waals surface area contributed by atoms with Gasteiger partial charge in [0.2, 0.25) is 0 Å². The van der Waals surface area contributed by atoms with Gasteiger partial charge in [0, 0.05) is 37.0 Å². The van der Waals surface area contributed by atoms with Crippen LogP contribution in [0.2, 0.25) is 0 Å². The molecule has 1 aliphatic heterocycles. The summed E-state index contributed by atoms with van der Waals surface area (Å²) in [5.74, 6) is 0.146. The molecule has 1 aliphatic rings. The molecule has 1 N–H and O–H groups in total. The second kappa shape index (κ2) is 4.57. The van der Waals surface area contributed by atoms with E-state index in [1.165, 1.54) is 11.3 Å².